The van der Waals surface area contributed by atoms with Gasteiger partial charge in [-0.15, -0.1) is 0 Å². The summed E-state index contributed by atoms with van der Waals surface area (Å²) in [4.78, 5) is 14.3. The Morgan fingerprint density at radius 1 is 1.31 bits per heavy atom. The second-order valence-corrected chi connectivity index (χ2v) is 7.35. The Labute approximate surface area is 159 Å². The quantitative estimate of drug-likeness (QED) is 0.535. The number of pyridine rings is 1. The molecule has 0 N–H and O–H groups in total. The number of hydrogen-bond donors (Lipinski definition) is 0. The van der Waals surface area contributed by atoms with Crippen LogP contribution in [0.4, 0.5) is 13.2 Å². The third-order valence-electron chi connectivity index (χ3n) is 3.05. The number of nitrogens with zero attached hydrogens (tertiary/aromatic N) is 4. The molecule has 26 heavy (non-hydrogen) atoms. The molecule has 0 aromatic carbocycles. The van der Waals surface area contributed by atoms with Gasteiger partial charge in [-0.3, -0.25) is 9.98 Å². The number of aliphatic imine (C=N–C) groups is 1. The first-order valence-electron chi connectivity index (χ1n) is 7.57. The third kappa shape index (κ3) is 5.88. The van der Waals surface area contributed by atoms with Gasteiger partial charge in [0.25, 0.3) is 0 Å². The number of hydrogen-bond acceptors (Lipinski definition) is 5. The van der Waals surface area contributed by atoms with Crippen molar-refractivity contribution in [2.45, 2.75) is 32.5 Å². The SMILES string of the molecule is CC(C)(C)ON=C(CN1C=CN=C(C(F)(F)F)C1)c1ncc(Cl)cc1Cl. The number of halogens is 5. The lowest BCUT2D eigenvalue weighted by Crippen LogP contribution is -2.39. The summed E-state index contributed by atoms with van der Waals surface area (Å²) < 4.78 is 38.7. The van der Waals surface area contributed by atoms with E-state index in [2.05, 4.69) is 15.1 Å². The molecule has 1 aliphatic heterocycles. The van der Waals surface area contributed by atoms with Gasteiger partial charge in [0.2, 0.25) is 0 Å². The van der Waals surface area contributed by atoms with Crippen LogP contribution >= 0.6 is 23.2 Å². The minimum atomic E-state index is -4.50. The zero-order valence-electron chi connectivity index (χ0n) is 14.3. The fourth-order valence-electron chi connectivity index (χ4n) is 1.93. The Kier molecular flexibility index (Phi) is 6.18. The molecule has 0 fully saturated rings. The van der Waals surface area contributed by atoms with Crippen LogP contribution in [-0.2, 0) is 4.84 Å². The summed E-state index contributed by atoms with van der Waals surface area (Å²) in [5.41, 5.74) is -0.939. The minimum absolute atomic E-state index is 0.00394. The summed E-state index contributed by atoms with van der Waals surface area (Å²) in [6.07, 6.45) is -0.598. The van der Waals surface area contributed by atoms with Crippen molar-refractivity contribution >= 4 is 34.6 Å². The van der Waals surface area contributed by atoms with Crippen LogP contribution in [-0.4, -0.2) is 46.2 Å². The molecule has 0 saturated heterocycles. The Hall–Kier alpha value is -1.80. The third-order valence-corrected chi connectivity index (χ3v) is 3.55. The van der Waals surface area contributed by atoms with E-state index in [0.29, 0.717) is 5.02 Å². The smallest absolute Gasteiger partial charge is 0.390 e. The van der Waals surface area contributed by atoms with E-state index in [9.17, 15) is 13.2 Å². The monoisotopic (exact) mass is 408 g/mol. The van der Waals surface area contributed by atoms with Crippen LogP contribution in [0, 0.1) is 0 Å². The molecule has 2 rings (SSSR count). The molecule has 0 amide bonds. The first kappa shape index (κ1) is 20.5. The van der Waals surface area contributed by atoms with Gasteiger partial charge in [0, 0.05) is 18.6 Å². The van der Waals surface area contributed by atoms with Crippen LogP contribution in [0.2, 0.25) is 10.0 Å². The van der Waals surface area contributed by atoms with E-state index in [4.69, 9.17) is 28.0 Å². The van der Waals surface area contributed by atoms with E-state index in [1.54, 1.807) is 20.8 Å². The lowest BCUT2D eigenvalue weighted by atomic mass is 10.2. The average molecular weight is 409 g/mol. The largest absolute Gasteiger partial charge is 0.431 e. The molecule has 142 valence electrons. The highest BCUT2D eigenvalue weighted by Crippen LogP contribution is 2.23. The van der Waals surface area contributed by atoms with Crippen LogP contribution in [0.25, 0.3) is 0 Å². The fourth-order valence-corrected chi connectivity index (χ4v) is 2.42. The number of aromatic nitrogens is 1. The molecule has 1 aliphatic rings. The maximum atomic E-state index is 12.9. The number of rotatable bonds is 4. The summed E-state index contributed by atoms with van der Waals surface area (Å²) in [5, 5.41) is 4.62. The second-order valence-electron chi connectivity index (χ2n) is 6.50. The van der Waals surface area contributed by atoms with E-state index in [0.717, 1.165) is 6.20 Å². The van der Waals surface area contributed by atoms with Crippen molar-refractivity contribution in [3.63, 3.8) is 0 Å². The Morgan fingerprint density at radius 2 is 2.00 bits per heavy atom. The Bertz CT molecular complexity index is 755. The normalized spacial score (nSPS) is 15.9. The highest BCUT2D eigenvalue weighted by Gasteiger charge is 2.37. The van der Waals surface area contributed by atoms with Crippen molar-refractivity contribution in [2.75, 3.05) is 13.1 Å². The molecule has 0 bridgehead atoms. The van der Waals surface area contributed by atoms with Gasteiger partial charge in [-0.25, -0.2) is 0 Å². The summed E-state index contributed by atoms with van der Waals surface area (Å²) >= 11 is 12.0. The standard InChI is InChI=1S/C16H17Cl2F3N4O/c1-15(2,3)26-24-12(14-11(18)6-10(17)7-23-14)8-25-5-4-22-13(9-25)16(19,20)21/h4-7H,8-9H2,1-3H3. The molecular weight excluding hydrogens is 392 g/mol. The van der Waals surface area contributed by atoms with Crippen LogP contribution in [0.3, 0.4) is 0 Å². The van der Waals surface area contributed by atoms with Gasteiger partial charge < -0.3 is 9.74 Å². The molecule has 2 heterocycles. The van der Waals surface area contributed by atoms with Crippen molar-refractivity contribution in [1.29, 1.82) is 0 Å². The van der Waals surface area contributed by atoms with Crippen molar-refractivity contribution < 1.29 is 18.0 Å². The lowest BCUT2D eigenvalue weighted by Gasteiger charge is -2.25. The van der Waals surface area contributed by atoms with Crippen LogP contribution in [0.5, 0.6) is 0 Å². The van der Waals surface area contributed by atoms with Crippen molar-refractivity contribution in [2.24, 2.45) is 10.1 Å². The van der Waals surface area contributed by atoms with Gasteiger partial charge in [0.1, 0.15) is 22.7 Å². The molecule has 0 saturated carbocycles. The summed E-state index contributed by atoms with van der Waals surface area (Å²) in [5.74, 6) is 0. The van der Waals surface area contributed by atoms with Gasteiger partial charge in [-0.1, -0.05) is 28.4 Å². The lowest BCUT2D eigenvalue weighted by molar-refractivity contribution is -0.0611. The molecule has 0 radical (unpaired) electrons. The van der Waals surface area contributed by atoms with E-state index < -0.39 is 24.0 Å². The molecule has 0 unspecified atom stereocenters. The van der Waals surface area contributed by atoms with E-state index >= 15 is 0 Å². The van der Waals surface area contributed by atoms with Crippen LogP contribution in [0.15, 0.2) is 34.8 Å². The highest BCUT2D eigenvalue weighted by molar-refractivity contribution is 6.36. The van der Waals surface area contributed by atoms with Crippen LogP contribution < -0.4 is 0 Å². The molecule has 0 aliphatic carbocycles. The van der Waals surface area contributed by atoms with Gasteiger partial charge in [0.15, 0.2) is 0 Å². The second kappa shape index (κ2) is 7.84. The molecule has 1 aromatic rings. The summed E-state index contributed by atoms with van der Waals surface area (Å²) in [6.45, 7) is 4.95. The number of alkyl halides is 3. The molecule has 0 atom stereocenters. The van der Waals surface area contributed by atoms with E-state index in [-0.39, 0.29) is 23.0 Å². The summed E-state index contributed by atoms with van der Waals surface area (Å²) in [7, 11) is 0. The average Bonchev–Trinajstić information content (AvgIpc) is 2.50. The highest BCUT2D eigenvalue weighted by atomic mass is 35.5. The van der Waals surface area contributed by atoms with Gasteiger partial charge >= 0.3 is 6.18 Å². The minimum Gasteiger partial charge on any atom is -0.390 e. The van der Waals surface area contributed by atoms with Gasteiger partial charge in [0.05, 0.1) is 23.1 Å². The Morgan fingerprint density at radius 3 is 2.58 bits per heavy atom. The predicted octanol–water partition coefficient (Wildman–Crippen LogP) is 4.70. The fraction of sp³-hybridized carbons (Fsp3) is 0.438. The van der Waals surface area contributed by atoms with Crippen molar-refractivity contribution in [3.05, 3.63) is 40.4 Å². The molecule has 5 nitrogen and oxygen atoms in total. The summed E-state index contributed by atoms with van der Waals surface area (Å²) in [6, 6.07) is 1.48. The first-order valence-corrected chi connectivity index (χ1v) is 8.32. The van der Waals surface area contributed by atoms with Gasteiger partial charge in [-0.05, 0) is 26.8 Å². The van der Waals surface area contributed by atoms with Crippen molar-refractivity contribution in [3.8, 4) is 0 Å². The molecule has 1 aromatic heterocycles. The number of oxime groups is 1. The zero-order valence-corrected chi connectivity index (χ0v) is 15.8. The van der Waals surface area contributed by atoms with Gasteiger partial charge in [-0.2, -0.15) is 13.2 Å². The molecule has 10 heteroatoms. The van der Waals surface area contributed by atoms with Crippen LogP contribution in [0.1, 0.15) is 26.5 Å². The van der Waals surface area contributed by atoms with Crippen molar-refractivity contribution in [1.82, 2.24) is 9.88 Å². The molecule has 0 spiro atoms. The maximum Gasteiger partial charge on any atom is 0.431 e. The topological polar surface area (TPSA) is 50.1 Å². The Balaban J connectivity index is 2.28. The molecular formula is C16H17Cl2F3N4O. The zero-order chi connectivity index (χ0) is 19.5. The first-order chi connectivity index (χ1) is 12.0. The predicted molar refractivity (Wildman–Crippen MR) is 95.8 cm³/mol. The van der Waals surface area contributed by atoms with E-state index in [1.165, 1.54) is 23.4 Å². The van der Waals surface area contributed by atoms with E-state index in [1.807, 2.05) is 0 Å². The maximum absolute atomic E-state index is 12.9.